The van der Waals surface area contributed by atoms with Crippen LogP contribution in [0.25, 0.3) is 11.3 Å². The predicted molar refractivity (Wildman–Crippen MR) is 93.9 cm³/mol. The second-order valence-corrected chi connectivity index (χ2v) is 6.84. The Kier molecular flexibility index (Phi) is 4.61. The minimum Gasteiger partial charge on any atom is -0.294 e. The van der Waals surface area contributed by atoms with Crippen LogP contribution < -0.4 is 0 Å². The first-order valence-corrected chi connectivity index (χ1v) is 8.70. The van der Waals surface area contributed by atoms with Crippen molar-refractivity contribution in [2.45, 2.75) is 25.7 Å². The van der Waals surface area contributed by atoms with Crippen molar-refractivity contribution in [3.8, 4) is 11.3 Å². The van der Waals surface area contributed by atoms with Gasteiger partial charge in [-0.2, -0.15) is 18.3 Å². The largest absolute Gasteiger partial charge is 0.451 e. The van der Waals surface area contributed by atoms with Gasteiger partial charge in [0.2, 0.25) is 5.82 Å². The summed E-state index contributed by atoms with van der Waals surface area (Å²) in [4.78, 5) is 9.31. The molecule has 1 aliphatic heterocycles. The molecule has 5 nitrogen and oxygen atoms in total. The highest BCUT2D eigenvalue weighted by Gasteiger charge is 2.35. The molecule has 4 rings (SSSR count). The summed E-state index contributed by atoms with van der Waals surface area (Å²) in [6.07, 6.45) is -1.01. The van der Waals surface area contributed by atoms with Crippen LogP contribution in [-0.2, 0) is 25.7 Å². The first kappa shape index (κ1) is 17.9. The van der Waals surface area contributed by atoms with Gasteiger partial charge in [0.15, 0.2) is 0 Å². The quantitative estimate of drug-likeness (QED) is 0.728. The van der Waals surface area contributed by atoms with Crippen LogP contribution in [0.3, 0.4) is 0 Å². The molecule has 0 saturated heterocycles. The van der Waals surface area contributed by atoms with Crippen LogP contribution in [0.4, 0.5) is 13.2 Å². The van der Waals surface area contributed by atoms with E-state index < -0.39 is 12.0 Å². The molecule has 0 atom stereocenters. The summed E-state index contributed by atoms with van der Waals surface area (Å²) in [5.74, 6) is -1.07. The number of hydrogen-bond acceptors (Lipinski definition) is 4. The van der Waals surface area contributed by atoms with Gasteiger partial charge in [0.05, 0.1) is 17.6 Å². The number of aromatic amines is 1. The van der Waals surface area contributed by atoms with E-state index in [4.69, 9.17) is 11.6 Å². The fourth-order valence-electron chi connectivity index (χ4n) is 3.18. The van der Waals surface area contributed by atoms with E-state index in [-0.39, 0.29) is 0 Å². The standard InChI is InChI=1S/C18H15ClF3N5/c19-14-3-1-11(2-4-14)16-13(8-24-26-16)10-27-6-5-15-12(9-27)7-23-17(25-15)18(20,21)22/h1-4,7-8H,5-6,9-10H2,(H,24,26). The minimum atomic E-state index is -4.52. The van der Waals surface area contributed by atoms with Gasteiger partial charge in [-0.3, -0.25) is 10.00 Å². The highest BCUT2D eigenvalue weighted by molar-refractivity contribution is 6.30. The number of aromatic nitrogens is 4. The molecular formula is C18H15ClF3N5. The molecule has 0 aliphatic carbocycles. The zero-order valence-corrected chi connectivity index (χ0v) is 14.8. The molecule has 0 fully saturated rings. The maximum Gasteiger partial charge on any atom is 0.451 e. The average molecular weight is 394 g/mol. The molecule has 2 aromatic heterocycles. The van der Waals surface area contributed by atoms with E-state index in [1.165, 1.54) is 6.20 Å². The summed E-state index contributed by atoms with van der Waals surface area (Å²) < 4.78 is 38.3. The lowest BCUT2D eigenvalue weighted by atomic mass is 10.0. The van der Waals surface area contributed by atoms with E-state index >= 15 is 0 Å². The highest BCUT2D eigenvalue weighted by Crippen LogP contribution is 2.29. The van der Waals surface area contributed by atoms with E-state index in [0.29, 0.717) is 36.8 Å². The molecule has 3 heterocycles. The number of H-pyrrole nitrogens is 1. The van der Waals surface area contributed by atoms with E-state index in [9.17, 15) is 13.2 Å². The van der Waals surface area contributed by atoms with Gasteiger partial charge >= 0.3 is 6.18 Å². The molecule has 9 heteroatoms. The van der Waals surface area contributed by atoms with Gasteiger partial charge in [-0.05, 0) is 17.7 Å². The Bertz CT molecular complexity index is 952. The summed E-state index contributed by atoms with van der Waals surface area (Å²) >= 11 is 5.94. The number of nitrogens with one attached hydrogen (secondary N) is 1. The lowest BCUT2D eigenvalue weighted by molar-refractivity contribution is -0.145. The second-order valence-electron chi connectivity index (χ2n) is 6.40. The average Bonchev–Trinajstić information content (AvgIpc) is 3.09. The van der Waals surface area contributed by atoms with Crippen molar-refractivity contribution in [2.24, 2.45) is 0 Å². The SMILES string of the molecule is FC(F)(F)c1ncc2c(n1)CCN(Cc1cn[nH]c1-c1ccc(Cl)cc1)C2. The third-order valence-corrected chi connectivity index (χ3v) is 4.76. The van der Waals surface area contributed by atoms with Gasteiger partial charge < -0.3 is 0 Å². The Morgan fingerprint density at radius 2 is 1.93 bits per heavy atom. The fraction of sp³-hybridized carbons (Fsp3) is 0.278. The monoisotopic (exact) mass is 393 g/mol. The molecule has 3 aromatic rings. The lowest BCUT2D eigenvalue weighted by Gasteiger charge is -2.28. The number of fused-ring (bicyclic) bond motifs is 1. The molecular weight excluding hydrogens is 379 g/mol. The molecule has 0 saturated carbocycles. The molecule has 1 aliphatic rings. The molecule has 1 N–H and O–H groups in total. The molecule has 27 heavy (non-hydrogen) atoms. The summed E-state index contributed by atoms with van der Waals surface area (Å²) in [5, 5.41) is 7.80. The van der Waals surface area contributed by atoms with Crippen LogP contribution in [0, 0.1) is 0 Å². The molecule has 0 amide bonds. The smallest absolute Gasteiger partial charge is 0.294 e. The van der Waals surface area contributed by atoms with E-state index in [1.54, 1.807) is 6.20 Å². The summed E-state index contributed by atoms with van der Waals surface area (Å²) in [7, 11) is 0. The Morgan fingerprint density at radius 3 is 2.67 bits per heavy atom. The molecule has 1 aromatic carbocycles. The van der Waals surface area contributed by atoms with Crippen molar-refractivity contribution in [2.75, 3.05) is 6.54 Å². The summed E-state index contributed by atoms with van der Waals surface area (Å²) in [6.45, 7) is 1.74. The Labute approximate surface area is 158 Å². The lowest BCUT2D eigenvalue weighted by Crippen LogP contribution is -2.31. The molecule has 0 unspecified atom stereocenters. The van der Waals surface area contributed by atoms with Crippen LogP contribution in [-0.4, -0.2) is 31.6 Å². The van der Waals surface area contributed by atoms with Gasteiger partial charge in [0, 0.05) is 48.4 Å². The topological polar surface area (TPSA) is 57.7 Å². The van der Waals surface area contributed by atoms with E-state index in [1.807, 2.05) is 24.3 Å². The predicted octanol–water partition coefficient (Wildman–Crippen LogP) is 4.10. The number of halogens is 4. The van der Waals surface area contributed by atoms with Gasteiger partial charge in [-0.15, -0.1) is 0 Å². The molecule has 0 radical (unpaired) electrons. The number of hydrogen-bond donors (Lipinski definition) is 1. The Morgan fingerprint density at radius 1 is 1.15 bits per heavy atom. The number of alkyl halides is 3. The van der Waals surface area contributed by atoms with Gasteiger partial charge in [-0.25, -0.2) is 9.97 Å². The highest BCUT2D eigenvalue weighted by atomic mass is 35.5. The zero-order chi connectivity index (χ0) is 19.0. The fourth-order valence-corrected chi connectivity index (χ4v) is 3.31. The number of nitrogens with zero attached hydrogens (tertiary/aromatic N) is 4. The van der Waals surface area contributed by atoms with Crippen molar-refractivity contribution in [1.29, 1.82) is 0 Å². The first-order valence-electron chi connectivity index (χ1n) is 8.32. The number of benzene rings is 1. The third-order valence-electron chi connectivity index (χ3n) is 4.51. The van der Waals surface area contributed by atoms with Crippen LogP contribution in [0.5, 0.6) is 0 Å². The minimum absolute atomic E-state index is 0.453. The van der Waals surface area contributed by atoms with Crippen molar-refractivity contribution in [3.05, 3.63) is 64.3 Å². The van der Waals surface area contributed by atoms with Crippen LogP contribution in [0.15, 0.2) is 36.7 Å². The summed E-state index contributed by atoms with van der Waals surface area (Å²) in [6, 6.07) is 7.46. The van der Waals surface area contributed by atoms with Gasteiger partial charge in [-0.1, -0.05) is 23.7 Å². The zero-order valence-electron chi connectivity index (χ0n) is 14.1. The van der Waals surface area contributed by atoms with Crippen molar-refractivity contribution in [3.63, 3.8) is 0 Å². The van der Waals surface area contributed by atoms with Crippen molar-refractivity contribution >= 4 is 11.6 Å². The normalized spacial score (nSPS) is 15.0. The maximum absolute atomic E-state index is 12.8. The van der Waals surface area contributed by atoms with Crippen LogP contribution in [0.2, 0.25) is 5.02 Å². The van der Waals surface area contributed by atoms with E-state index in [0.717, 1.165) is 22.4 Å². The van der Waals surface area contributed by atoms with Gasteiger partial charge in [0.25, 0.3) is 0 Å². The van der Waals surface area contributed by atoms with Crippen molar-refractivity contribution in [1.82, 2.24) is 25.1 Å². The molecule has 140 valence electrons. The van der Waals surface area contributed by atoms with Crippen LogP contribution >= 0.6 is 11.6 Å². The van der Waals surface area contributed by atoms with Gasteiger partial charge in [0.1, 0.15) is 0 Å². The van der Waals surface area contributed by atoms with Crippen molar-refractivity contribution < 1.29 is 13.2 Å². The van der Waals surface area contributed by atoms with Crippen LogP contribution in [0.1, 0.15) is 22.6 Å². The molecule has 0 spiro atoms. The maximum atomic E-state index is 12.8. The summed E-state index contributed by atoms with van der Waals surface area (Å²) in [5.41, 5.74) is 4.08. The third kappa shape index (κ3) is 3.81. The Balaban J connectivity index is 1.51. The number of rotatable bonds is 3. The Hall–Kier alpha value is -2.45. The first-order chi connectivity index (χ1) is 12.9. The van der Waals surface area contributed by atoms with E-state index in [2.05, 4.69) is 25.1 Å². The molecule has 0 bridgehead atoms. The second kappa shape index (κ2) is 6.94.